The van der Waals surface area contributed by atoms with Gasteiger partial charge in [0.15, 0.2) is 0 Å². The van der Waals surface area contributed by atoms with Gasteiger partial charge in [0.25, 0.3) is 5.91 Å². The molecule has 1 aliphatic rings. The third kappa shape index (κ3) is 3.00. The Kier molecular flexibility index (Phi) is 4.17. The predicted octanol–water partition coefficient (Wildman–Crippen LogP) is 5.00. The first-order valence-corrected chi connectivity index (χ1v) is 8.92. The van der Waals surface area contributed by atoms with Gasteiger partial charge in [0.05, 0.1) is 5.56 Å². The first kappa shape index (κ1) is 16.1. The number of fused-ring (bicyclic) bond motifs is 1. The summed E-state index contributed by atoms with van der Waals surface area (Å²) in [5, 5.41) is 0.886. The molecule has 0 saturated carbocycles. The largest absolute Gasteiger partial charge is 0.361 e. The fourth-order valence-corrected chi connectivity index (χ4v) is 3.72. The molecule has 5 heteroatoms. The molecular weight excluding hydrogens is 383 g/mol. The molecule has 0 saturated heterocycles. The number of halogens is 2. The Morgan fingerprint density at radius 1 is 1.20 bits per heavy atom. The van der Waals surface area contributed by atoms with Gasteiger partial charge >= 0.3 is 0 Å². The smallest absolute Gasteiger partial charge is 0.255 e. The summed E-state index contributed by atoms with van der Waals surface area (Å²) >= 11 is 3.44. The first-order valence-electron chi connectivity index (χ1n) is 8.13. The van der Waals surface area contributed by atoms with E-state index < -0.39 is 0 Å². The van der Waals surface area contributed by atoms with Gasteiger partial charge in [-0.25, -0.2) is 4.39 Å². The molecule has 0 radical (unpaired) electrons. The summed E-state index contributed by atoms with van der Waals surface area (Å²) < 4.78 is 14.4. The SMILES string of the molecule is O=C(c1ccccc1Br)N1CC=C(c2c[nH]c3ccc(F)cc23)CC1. The Morgan fingerprint density at radius 3 is 2.80 bits per heavy atom. The summed E-state index contributed by atoms with van der Waals surface area (Å²) in [5.74, 6) is -0.219. The quantitative estimate of drug-likeness (QED) is 0.647. The minimum atomic E-state index is -0.240. The van der Waals surface area contributed by atoms with Gasteiger partial charge in [-0.3, -0.25) is 4.79 Å². The highest BCUT2D eigenvalue weighted by atomic mass is 79.9. The second-order valence-electron chi connectivity index (χ2n) is 6.10. The molecule has 0 spiro atoms. The molecule has 1 amide bonds. The van der Waals surface area contributed by atoms with E-state index >= 15 is 0 Å². The van der Waals surface area contributed by atoms with E-state index in [2.05, 4.69) is 27.0 Å². The van der Waals surface area contributed by atoms with Crippen molar-refractivity contribution in [1.82, 2.24) is 9.88 Å². The Labute approximate surface area is 153 Å². The summed E-state index contributed by atoms with van der Waals surface area (Å²) in [4.78, 5) is 17.7. The van der Waals surface area contributed by atoms with Crippen LogP contribution in [0.4, 0.5) is 4.39 Å². The molecule has 0 atom stereocenters. The molecule has 0 aliphatic carbocycles. The number of hydrogen-bond acceptors (Lipinski definition) is 1. The number of H-pyrrole nitrogens is 1. The summed E-state index contributed by atoms with van der Waals surface area (Å²) in [7, 11) is 0. The molecule has 0 fully saturated rings. The number of nitrogens with one attached hydrogen (secondary N) is 1. The molecule has 2 heterocycles. The van der Waals surface area contributed by atoms with E-state index in [0.717, 1.165) is 32.9 Å². The van der Waals surface area contributed by atoms with Crippen LogP contribution >= 0.6 is 15.9 Å². The Morgan fingerprint density at radius 2 is 2.04 bits per heavy atom. The van der Waals surface area contributed by atoms with E-state index in [4.69, 9.17) is 0 Å². The average Bonchev–Trinajstić information content (AvgIpc) is 3.05. The summed E-state index contributed by atoms with van der Waals surface area (Å²) in [6, 6.07) is 12.2. The highest BCUT2D eigenvalue weighted by Crippen LogP contribution is 2.30. The number of carbonyl (C=O) groups excluding carboxylic acids is 1. The van der Waals surface area contributed by atoms with Crippen molar-refractivity contribution in [1.29, 1.82) is 0 Å². The number of hydrogen-bond donors (Lipinski definition) is 1. The fourth-order valence-electron chi connectivity index (χ4n) is 3.26. The summed E-state index contributed by atoms with van der Waals surface area (Å²) in [5.41, 5.74) is 3.76. The zero-order chi connectivity index (χ0) is 17.4. The van der Waals surface area contributed by atoms with Gasteiger partial charge in [0, 0.05) is 40.2 Å². The van der Waals surface area contributed by atoms with Gasteiger partial charge < -0.3 is 9.88 Å². The molecule has 4 rings (SSSR count). The van der Waals surface area contributed by atoms with Crippen LogP contribution in [0.5, 0.6) is 0 Å². The van der Waals surface area contributed by atoms with Crippen LogP contribution in [-0.2, 0) is 0 Å². The molecule has 1 N–H and O–H groups in total. The van der Waals surface area contributed by atoms with E-state index in [1.807, 2.05) is 35.4 Å². The number of aromatic amines is 1. The zero-order valence-electron chi connectivity index (χ0n) is 13.4. The molecule has 126 valence electrons. The van der Waals surface area contributed by atoms with Crippen molar-refractivity contribution in [2.75, 3.05) is 13.1 Å². The van der Waals surface area contributed by atoms with Crippen LogP contribution in [0.2, 0.25) is 0 Å². The highest BCUT2D eigenvalue weighted by Gasteiger charge is 2.21. The lowest BCUT2D eigenvalue weighted by Crippen LogP contribution is -2.34. The lowest BCUT2D eigenvalue weighted by Gasteiger charge is -2.27. The van der Waals surface area contributed by atoms with Crippen LogP contribution in [-0.4, -0.2) is 28.9 Å². The molecule has 3 aromatic rings. The predicted molar refractivity (Wildman–Crippen MR) is 101 cm³/mol. The standard InChI is InChI=1S/C20H16BrFN2O/c21-18-4-2-1-3-15(18)20(25)24-9-7-13(8-10-24)17-12-23-19-6-5-14(22)11-16(17)19/h1-7,11-12,23H,8-10H2. The summed E-state index contributed by atoms with van der Waals surface area (Å²) in [6.45, 7) is 1.20. The van der Waals surface area contributed by atoms with Gasteiger partial charge in [0.1, 0.15) is 5.82 Å². The maximum absolute atomic E-state index is 13.6. The van der Waals surface area contributed by atoms with E-state index in [0.29, 0.717) is 18.7 Å². The Hall–Kier alpha value is -2.40. The van der Waals surface area contributed by atoms with Crippen molar-refractivity contribution in [3.8, 4) is 0 Å². The number of rotatable bonds is 2. The Bertz CT molecular complexity index is 992. The lowest BCUT2D eigenvalue weighted by atomic mass is 9.98. The van der Waals surface area contributed by atoms with Crippen LogP contribution in [0.1, 0.15) is 22.3 Å². The molecule has 1 aliphatic heterocycles. The van der Waals surface area contributed by atoms with E-state index in [1.54, 1.807) is 12.1 Å². The van der Waals surface area contributed by atoms with Crippen LogP contribution in [0, 0.1) is 5.82 Å². The minimum absolute atomic E-state index is 0.0211. The van der Waals surface area contributed by atoms with Crippen molar-refractivity contribution in [2.24, 2.45) is 0 Å². The van der Waals surface area contributed by atoms with Crippen molar-refractivity contribution in [3.63, 3.8) is 0 Å². The monoisotopic (exact) mass is 398 g/mol. The number of nitrogens with zero attached hydrogens (tertiary/aromatic N) is 1. The maximum Gasteiger partial charge on any atom is 0.255 e. The highest BCUT2D eigenvalue weighted by molar-refractivity contribution is 9.10. The molecule has 0 unspecified atom stereocenters. The molecule has 0 bridgehead atoms. The number of amides is 1. The van der Waals surface area contributed by atoms with E-state index in [1.165, 1.54) is 6.07 Å². The van der Waals surface area contributed by atoms with Crippen LogP contribution in [0.3, 0.4) is 0 Å². The van der Waals surface area contributed by atoms with Crippen LogP contribution in [0.25, 0.3) is 16.5 Å². The lowest BCUT2D eigenvalue weighted by molar-refractivity contribution is 0.0772. The third-order valence-corrected chi connectivity index (χ3v) is 5.28. The molecule has 2 aromatic carbocycles. The molecule has 1 aromatic heterocycles. The normalized spacial score (nSPS) is 14.6. The van der Waals surface area contributed by atoms with Crippen molar-refractivity contribution >= 4 is 38.3 Å². The van der Waals surface area contributed by atoms with Gasteiger partial charge in [-0.15, -0.1) is 0 Å². The third-order valence-electron chi connectivity index (χ3n) is 4.59. The maximum atomic E-state index is 13.6. The fraction of sp³-hybridized carbons (Fsp3) is 0.150. The van der Waals surface area contributed by atoms with E-state index in [9.17, 15) is 9.18 Å². The summed E-state index contributed by atoms with van der Waals surface area (Å²) in [6.07, 6.45) is 4.73. The molecular formula is C20H16BrFN2O. The van der Waals surface area contributed by atoms with Crippen molar-refractivity contribution in [3.05, 3.63) is 76.2 Å². The zero-order valence-corrected chi connectivity index (χ0v) is 15.0. The molecule has 3 nitrogen and oxygen atoms in total. The van der Waals surface area contributed by atoms with Gasteiger partial charge in [-0.2, -0.15) is 0 Å². The number of carbonyl (C=O) groups is 1. The minimum Gasteiger partial charge on any atom is -0.361 e. The average molecular weight is 399 g/mol. The second-order valence-corrected chi connectivity index (χ2v) is 6.96. The second kappa shape index (κ2) is 6.48. The number of aromatic nitrogens is 1. The topological polar surface area (TPSA) is 36.1 Å². The van der Waals surface area contributed by atoms with Gasteiger partial charge in [0.2, 0.25) is 0 Å². The van der Waals surface area contributed by atoms with Gasteiger partial charge in [-0.1, -0.05) is 18.2 Å². The number of benzene rings is 2. The Balaban J connectivity index is 1.59. The van der Waals surface area contributed by atoms with Crippen molar-refractivity contribution < 1.29 is 9.18 Å². The van der Waals surface area contributed by atoms with Crippen LogP contribution < -0.4 is 0 Å². The van der Waals surface area contributed by atoms with Gasteiger partial charge in [-0.05, 0) is 58.3 Å². The van der Waals surface area contributed by atoms with Crippen LogP contribution in [0.15, 0.2) is 59.2 Å². The van der Waals surface area contributed by atoms with E-state index in [-0.39, 0.29) is 11.7 Å². The molecule has 25 heavy (non-hydrogen) atoms. The first-order chi connectivity index (χ1) is 12.1. The van der Waals surface area contributed by atoms with Crippen molar-refractivity contribution in [2.45, 2.75) is 6.42 Å².